The van der Waals surface area contributed by atoms with Crippen LogP contribution in [0, 0.1) is 5.92 Å². The minimum Gasteiger partial charge on any atom is -0.489 e. The molecule has 24 heavy (non-hydrogen) atoms. The molecule has 1 saturated heterocycles. The molecule has 6 nitrogen and oxygen atoms in total. The van der Waals surface area contributed by atoms with Crippen LogP contribution in [0.5, 0.6) is 5.75 Å². The Balaban J connectivity index is 1.57. The summed E-state index contributed by atoms with van der Waals surface area (Å²) in [7, 11) is 0. The molecule has 0 bridgehead atoms. The molecule has 2 fully saturated rings. The fraction of sp³-hybridized carbons (Fsp3) is 0.667. The van der Waals surface area contributed by atoms with Crippen LogP contribution in [0.1, 0.15) is 33.6 Å². The Morgan fingerprint density at radius 2 is 1.96 bits per heavy atom. The molecule has 1 aromatic rings. The average Bonchev–Trinajstić information content (AvgIpc) is 3.36. The van der Waals surface area contributed by atoms with E-state index in [0.717, 1.165) is 31.3 Å². The summed E-state index contributed by atoms with van der Waals surface area (Å²) in [5, 5.41) is 0. The number of hydrogen-bond donors (Lipinski definition) is 0. The molecule has 0 N–H and O–H groups in total. The van der Waals surface area contributed by atoms with Crippen LogP contribution in [0.15, 0.2) is 18.3 Å². The highest BCUT2D eigenvalue weighted by molar-refractivity contribution is 5.68. The zero-order chi connectivity index (χ0) is 17.2. The van der Waals surface area contributed by atoms with Crippen LogP contribution in [0.2, 0.25) is 0 Å². The van der Waals surface area contributed by atoms with Crippen molar-refractivity contribution in [2.45, 2.75) is 39.2 Å². The van der Waals surface area contributed by atoms with Crippen molar-refractivity contribution in [1.29, 1.82) is 0 Å². The summed E-state index contributed by atoms with van der Waals surface area (Å²) in [5.41, 5.74) is -0.459. The van der Waals surface area contributed by atoms with E-state index in [0.29, 0.717) is 19.0 Å². The van der Waals surface area contributed by atoms with Crippen molar-refractivity contribution in [2.75, 3.05) is 37.7 Å². The van der Waals surface area contributed by atoms with Gasteiger partial charge < -0.3 is 19.3 Å². The third kappa shape index (κ3) is 4.52. The molecule has 1 aliphatic carbocycles. The number of piperazine rings is 1. The van der Waals surface area contributed by atoms with Gasteiger partial charge in [0.2, 0.25) is 0 Å². The number of anilines is 1. The van der Waals surface area contributed by atoms with E-state index in [1.807, 2.05) is 32.9 Å². The molecule has 0 spiro atoms. The van der Waals surface area contributed by atoms with Gasteiger partial charge in [-0.15, -0.1) is 0 Å². The van der Waals surface area contributed by atoms with Crippen LogP contribution < -0.4 is 9.64 Å². The second-order valence-corrected chi connectivity index (χ2v) is 7.53. The van der Waals surface area contributed by atoms with Gasteiger partial charge in [-0.05, 0) is 51.7 Å². The van der Waals surface area contributed by atoms with Crippen molar-refractivity contribution in [3.63, 3.8) is 0 Å². The lowest BCUT2D eigenvalue weighted by molar-refractivity contribution is 0.0240. The summed E-state index contributed by atoms with van der Waals surface area (Å²) < 4.78 is 11.4. The molecule has 1 saturated carbocycles. The zero-order valence-corrected chi connectivity index (χ0v) is 14.8. The van der Waals surface area contributed by atoms with Crippen molar-refractivity contribution < 1.29 is 14.3 Å². The highest BCUT2D eigenvalue weighted by Crippen LogP contribution is 2.32. The highest BCUT2D eigenvalue weighted by atomic mass is 16.6. The minimum absolute atomic E-state index is 0.242. The van der Waals surface area contributed by atoms with Gasteiger partial charge in [0.25, 0.3) is 0 Å². The first kappa shape index (κ1) is 16.9. The van der Waals surface area contributed by atoms with Gasteiger partial charge in [-0.2, -0.15) is 0 Å². The maximum Gasteiger partial charge on any atom is 0.410 e. The van der Waals surface area contributed by atoms with Crippen molar-refractivity contribution in [2.24, 2.45) is 5.92 Å². The monoisotopic (exact) mass is 333 g/mol. The van der Waals surface area contributed by atoms with Crippen LogP contribution in [0.25, 0.3) is 0 Å². The molecule has 0 aromatic carbocycles. The minimum atomic E-state index is -0.459. The quantitative estimate of drug-likeness (QED) is 0.848. The van der Waals surface area contributed by atoms with E-state index in [9.17, 15) is 4.79 Å². The molecule has 0 radical (unpaired) electrons. The smallest absolute Gasteiger partial charge is 0.410 e. The van der Waals surface area contributed by atoms with Crippen molar-refractivity contribution in [1.82, 2.24) is 9.88 Å². The summed E-state index contributed by atoms with van der Waals surface area (Å²) in [6, 6.07) is 3.88. The number of aromatic nitrogens is 1. The first-order valence-corrected chi connectivity index (χ1v) is 8.73. The first-order valence-electron chi connectivity index (χ1n) is 8.73. The predicted octanol–water partition coefficient (Wildman–Crippen LogP) is 2.93. The van der Waals surface area contributed by atoms with E-state index in [4.69, 9.17) is 9.47 Å². The van der Waals surface area contributed by atoms with E-state index in [-0.39, 0.29) is 6.09 Å². The molecule has 0 unspecified atom stereocenters. The lowest BCUT2D eigenvalue weighted by Crippen LogP contribution is -2.50. The Labute approximate surface area is 143 Å². The van der Waals surface area contributed by atoms with Gasteiger partial charge in [-0.3, -0.25) is 0 Å². The Kier molecular flexibility index (Phi) is 4.83. The second-order valence-electron chi connectivity index (χ2n) is 7.53. The third-order valence-electron chi connectivity index (χ3n) is 4.15. The number of ether oxygens (including phenoxy) is 2. The van der Waals surface area contributed by atoms with Crippen LogP contribution in [0.3, 0.4) is 0 Å². The van der Waals surface area contributed by atoms with Gasteiger partial charge in [0.05, 0.1) is 6.61 Å². The number of hydrogen-bond acceptors (Lipinski definition) is 5. The summed E-state index contributed by atoms with van der Waals surface area (Å²) in [5.74, 6) is 2.43. The Morgan fingerprint density at radius 1 is 1.25 bits per heavy atom. The van der Waals surface area contributed by atoms with E-state index in [1.54, 1.807) is 11.1 Å². The summed E-state index contributed by atoms with van der Waals surface area (Å²) in [6.45, 7) is 9.17. The lowest BCUT2D eigenvalue weighted by Gasteiger charge is -2.36. The van der Waals surface area contributed by atoms with E-state index in [2.05, 4.69) is 9.88 Å². The maximum absolute atomic E-state index is 12.2. The van der Waals surface area contributed by atoms with E-state index >= 15 is 0 Å². The van der Waals surface area contributed by atoms with E-state index < -0.39 is 5.60 Å². The number of rotatable bonds is 4. The van der Waals surface area contributed by atoms with Gasteiger partial charge in [-0.1, -0.05) is 0 Å². The Hall–Kier alpha value is -1.98. The topological polar surface area (TPSA) is 54.9 Å². The van der Waals surface area contributed by atoms with Crippen LogP contribution >= 0.6 is 0 Å². The Morgan fingerprint density at radius 3 is 2.58 bits per heavy atom. The number of carbonyl (C=O) groups is 1. The zero-order valence-electron chi connectivity index (χ0n) is 14.8. The fourth-order valence-electron chi connectivity index (χ4n) is 2.65. The largest absolute Gasteiger partial charge is 0.489 e. The first-order chi connectivity index (χ1) is 11.4. The normalized spacial score (nSPS) is 18.5. The summed E-state index contributed by atoms with van der Waals surface area (Å²) in [4.78, 5) is 20.6. The standard InChI is InChI=1S/C18H27N3O3/c1-18(2,3)24-17(22)21-11-9-20(10-12-21)16-15(5-4-8-19-16)23-13-14-6-7-14/h4-5,8,14H,6-7,9-13H2,1-3H3. The molecule has 0 atom stereocenters. The molecule has 2 heterocycles. The second kappa shape index (κ2) is 6.87. The average molecular weight is 333 g/mol. The van der Waals surface area contributed by atoms with Gasteiger partial charge in [0.1, 0.15) is 5.60 Å². The van der Waals surface area contributed by atoms with Gasteiger partial charge >= 0.3 is 6.09 Å². The van der Waals surface area contributed by atoms with Gasteiger partial charge in [-0.25, -0.2) is 9.78 Å². The highest BCUT2D eigenvalue weighted by Gasteiger charge is 2.28. The van der Waals surface area contributed by atoms with Crippen LogP contribution in [-0.2, 0) is 4.74 Å². The molecular weight excluding hydrogens is 306 g/mol. The summed E-state index contributed by atoms with van der Waals surface area (Å²) >= 11 is 0. The molecule has 3 rings (SSSR count). The van der Waals surface area contributed by atoms with Crippen LogP contribution in [-0.4, -0.2) is 54.4 Å². The lowest BCUT2D eigenvalue weighted by atomic mass is 10.2. The van der Waals surface area contributed by atoms with Gasteiger partial charge in [0, 0.05) is 32.4 Å². The van der Waals surface area contributed by atoms with Crippen molar-refractivity contribution >= 4 is 11.9 Å². The molecule has 6 heteroatoms. The molecule has 1 aliphatic heterocycles. The van der Waals surface area contributed by atoms with Crippen molar-refractivity contribution in [3.05, 3.63) is 18.3 Å². The third-order valence-corrected chi connectivity index (χ3v) is 4.15. The molecular formula is C18H27N3O3. The predicted molar refractivity (Wildman–Crippen MR) is 92.5 cm³/mol. The molecule has 132 valence electrons. The maximum atomic E-state index is 12.2. The fourth-order valence-corrected chi connectivity index (χ4v) is 2.65. The molecule has 1 amide bonds. The van der Waals surface area contributed by atoms with E-state index in [1.165, 1.54) is 12.8 Å². The number of pyridine rings is 1. The number of carbonyl (C=O) groups excluding carboxylic acids is 1. The SMILES string of the molecule is CC(C)(C)OC(=O)N1CCN(c2ncccc2OCC2CC2)CC1. The molecule has 1 aromatic heterocycles. The molecule has 2 aliphatic rings. The van der Waals surface area contributed by atoms with Gasteiger partial charge in [0.15, 0.2) is 11.6 Å². The Bertz CT molecular complexity index is 573. The van der Waals surface area contributed by atoms with Crippen molar-refractivity contribution in [3.8, 4) is 5.75 Å². The number of amides is 1. The summed E-state index contributed by atoms with van der Waals surface area (Å²) in [6.07, 6.45) is 4.09. The number of nitrogens with zero attached hydrogens (tertiary/aromatic N) is 3. The van der Waals surface area contributed by atoms with Crippen LogP contribution in [0.4, 0.5) is 10.6 Å².